The summed E-state index contributed by atoms with van der Waals surface area (Å²) in [6.45, 7) is 2.50. The molecule has 7 heteroatoms. The predicted octanol–water partition coefficient (Wildman–Crippen LogP) is 2.54. The van der Waals surface area contributed by atoms with Crippen LogP contribution in [0.2, 0.25) is 5.02 Å². The van der Waals surface area contributed by atoms with Crippen LogP contribution in [0.1, 0.15) is 12.7 Å². The second kappa shape index (κ2) is 6.69. The molecule has 2 rings (SSSR count). The molecule has 2 aromatic rings. The molecule has 1 heterocycles. The molecule has 0 amide bonds. The van der Waals surface area contributed by atoms with E-state index in [1.54, 1.807) is 31.2 Å². The summed E-state index contributed by atoms with van der Waals surface area (Å²) in [4.78, 5) is 17.0. The Hall–Kier alpha value is -1.92. The highest BCUT2D eigenvalue weighted by Crippen LogP contribution is 2.19. The fourth-order valence-electron chi connectivity index (χ4n) is 1.88. The fraction of sp³-hybridized carbons (Fsp3) is 0.357. The second-order valence-electron chi connectivity index (χ2n) is 4.96. The summed E-state index contributed by atoms with van der Waals surface area (Å²) in [7, 11) is 1.82. The number of carboxylic acids is 1. The maximum absolute atomic E-state index is 10.8. The van der Waals surface area contributed by atoms with Gasteiger partial charge in [-0.25, -0.2) is 0 Å². The minimum atomic E-state index is -0.822. The van der Waals surface area contributed by atoms with E-state index in [2.05, 4.69) is 10.1 Å². The summed E-state index contributed by atoms with van der Waals surface area (Å²) in [5.74, 6) is -0.337. The lowest BCUT2D eigenvalue weighted by atomic mass is 10.2. The van der Waals surface area contributed by atoms with Gasteiger partial charge in [0.05, 0.1) is 12.5 Å². The summed E-state index contributed by atoms with van der Waals surface area (Å²) >= 11 is 5.83. The Morgan fingerprint density at radius 3 is 2.71 bits per heavy atom. The molecule has 0 aliphatic rings. The van der Waals surface area contributed by atoms with Crippen LogP contribution < -0.4 is 0 Å². The van der Waals surface area contributed by atoms with Crippen LogP contribution in [0.4, 0.5) is 0 Å². The third-order valence-corrected chi connectivity index (χ3v) is 3.23. The number of carbonyl (C=O) groups is 1. The molecule has 0 radical (unpaired) electrons. The van der Waals surface area contributed by atoms with Gasteiger partial charge in [-0.15, -0.1) is 0 Å². The Morgan fingerprint density at radius 1 is 1.43 bits per heavy atom. The molecule has 1 N–H and O–H groups in total. The van der Waals surface area contributed by atoms with Crippen LogP contribution in [-0.2, 0) is 11.3 Å². The monoisotopic (exact) mass is 309 g/mol. The summed E-state index contributed by atoms with van der Waals surface area (Å²) in [6.07, 6.45) is 0. The van der Waals surface area contributed by atoms with Crippen molar-refractivity contribution in [1.29, 1.82) is 0 Å². The number of nitrogens with zero attached hydrogens (tertiary/aromatic N) is 3. The SMILES string of the molecule is CC(CN(C)Cc1noc(-c2ccc(Cl)cc2)n1)C(=O)O. The van der Waals surface area contributed by atoms with Crippen molar-refractivity contribution in [3.05, 3.63) is 35.1 Å². The molecule has 6 nitrogen and oxygen atoms in total. The van der Waals surface area contributed by atoms with Gasteiger partial charge in [0.15, 0.2) is 5.82 Å². The van der Waals surface area contributed by atoms with Gasteiger partial charge in [0.25, 0.3) is 5.89 Å². The van der Waals surface area contributed by atoms with E-state index >= 15 is 0 Å². The molecule has 1 aromatic carbocycles. The van der Waals surface area contributed by atoms with Crippen molar-refractivity contribution in [2.75, 3.05) is 13.6 Å². The molecule has 0 aliphatic heterocycles. The van der Waals surface area contributed by atoms with E-state index < -0.39 is 11.9 Å². The number of benzene rings is 1. The molecule has 0 aliphatic carbocycles. The first-order valence-electron chi connectivity index (χ1n) is 6.45. The highest BCUT2D eigenvalue weighted by atomic mass is 35.5. The normalized spacial score (nSPS) is 12.6. The van der Waals surface area contributed by atoms with E-state index in [9.17, 15) is 4.79 Å². The fourth-order valence-corrected chi connectivity index (χ4v) is 2.01. The number of hydrogen-bond acceptors (Lipinski definition) is 5. The van der Waals surface area contributed by atoms with Gasteiger partial charge in [0, 0.05) is 17.1 Å². The van der Waals surface area contributed by atoms with Crippen molar-refractivity contribution < 1.29 is 14.4 Å². The van der Waals surface area contributed by atoms with Crippen LogP contribution in [0.15, 0.2) is 28.8 Å². The number of aliphatic carboxylic acids is 1. The highest BCUT2D eigenvalue weighted by Gasteiger charge is 2.16. The van der Waals surface area contributed by atoms with E-state index in [0.717, 1.165) is 5.56 Å². The Morgan fingerprint density at radius 2 is 2.10 bits per heavy atom. The molecule has 0 bridgehead atoms. The van der Waals surface area contributed by atoms with E-state index in [0.29, 0.717) is 29.8 Å². The first-order chi connectivity index (χ1) is 9.95. The molecule has 0 saturated heterocycles. The molecule has 0 fully saturated rings. The quantitative estimate of drug-likeness (QED) is 0.883. The van der Waals surface area contributed by atoms with E-state index in [1.165, 1.54) is 0 Å². The highest BCUT2D eigenvalue weighted by molar-refractivity contribution is 6.30. The summed E-state index contributed by atoms with van der Waals surface area (Å²) in [5, 5.41) is 13.4. The van der Waals surface area contributed by atoms with Crippen molar-refractivity contribution in [2.24, 2.45) is 5.92 Å². The van der Waals surface area contributed by atoms with Crippen LogP contribution in [0.25, 0.3) is 11.5 Å². The van der Waals surface area contributed by atoms with Gasteiger partial charge < -0.3 is 9.63 Å². The van der Waals surface area contributed by atoms with Crippen LogP contribution in [-0.4, -0.2) is 39.7 Å². The molecular formula is C14H16ClN3O3. The van der Waals surface area contributed by atoms with Crippen LogP contribution in [0, 0.1) is 5.92 Å². The van der Waals surface area contributed by atoms with Crippen molar-refractivity contribution in [2.45, 2.75) is 13.5 Å². The number of hydrogen-bond donors (Lipinski definition) is 1. The lowest BCUT2D eigenvalue weighted by Gasteiger charge is -2.16. The topological polar surface area (TPSA) is 79.5 Å². The maximum atomic E-state index is 10.8. The minimum absolute atomic E-state index is 0.417. The molecule has 1 atom stereocenters. The van der Waals surface area contributed by atoms with E-state index in [1.807, 2.05) is 11.9 Å². The lowest BCUT2D eigenvalue weighted by Crippen LogP contribution is -2.28. The van der Waals surface area contributed by atoms with Gasteiger partial charge in [0.2, 0.25) is 0 Å². The smallest absolute Gasteiger partial charge is 0.307 e. The maximum Gasteiger partial charge on any atom is 0.307 e. The largest absolute Gasteiger partial charge is 0.481 e. The standard InChI is InChI=1S/C14H16ClN3O3/c1-9(14(19)20)7-18(2)8-12-16-13(21-17-12)10-3-5-11(15)6-4-10/h3-6,9H,7-8H2,1-2H3,(H,19,20). The summed E-state index contributed by atoms with van der Waals surface area (Å²) in [6, 6.07) is 7.11. The number of halogens is 1. The van der Waals surface area contributed by atoms with Crippen molar-refractivity contribution in [3.63, 3.8) is 0 Å². The first-order valence-corrected chi connectivity index (χ1v) is 6.83. The van der Waals surface area contributed by atoms with Gasteiger partial charge in [-0.2, -0.15) is 4.98 Å². The van der Waals surface area contributed by atoms with Gasteiger partial charge in [-0.1, -0.05) is 23.7 Å². The average Bonchev–Trinajstić information content (AvgIpc) is 2.87. The van der Waals surface area contributed by atoms with Gasteiger partial charge in [-0.3, -0.25) is 9.69 Å². The zero-order valence-electron chi connectivity index (χ0n) is 11.8. The second-order valence-corrected chi connectivity index (χ2v) is 5.40. The van der Waals surface area contributed by atoms with Gasteiger partial charge in [-0.05, 0) is 31.3 Å². The predicted molar refractivity (Wildman–Crippen MR) is 77.9 cm³/mol. The third kappa shape index (κ3) is 4.27. The number of carboxylic acid groups (broad SMARTS) is 1. The summed E-state index contributed by atoms with van der Waals surface area (Å²) < 4.78 is 5.20. The Balaban J connectivity index is 2.00. The molecule has 1 aromatic heterocycles. The lowest BCUT2D eigenvalue weighted by molar-refractivity contribution is -0.141. The zero-order chi connectivity index (χ0) is 15.4. The zero-order valence-corrected chi connectivity index (χ0v) is 12.5. The Kier molecular flexibility index (Phi) is 4.93. The van der Waals surface area contributed by atoms with Crippen molar-refractivity contribution in [1.82, 2.24) is 15.0 Å². The third-order valence-electron chi connectivity index (χ3n) is 2.98. The first kappa shape index (κ1) is 15.5. The number of aromatic nitrogens is 2. The summed E-state index contributed by atoms with van der Waals surface area (Å²) in [5.41, 5.74) is 0.791. The Labute approximate surface area is 127 Å². The van der Waals surface area contributed by atoms with Crippen LogP contribution in [0.5, 0.6) is 0 Å². The molecule has 0 spiro atoms. The van der Waals surface area contributed by atoms with E-state index in [-0.39, 0.29) is 0 Å². The van der Waals surface area contributed by atoms with E-state index in [4.69, 9.17) is 21.2 Å². The average molecular weight is 310 g/mol. The molecular weight excluding hydrogens is 294 g/mol. The molecule has 0 saturated carbocycles. The Bertz CT molecular complexity index is 612. The van der Waals surface area contributed by atoms with Crippen molar-refractivity contribution in [3.8, 4) is 11.5 Å². The number of rotatable bonds is 6. The van der Waals surface area contributed by atoms with Gasteiger partial charge >= 0.3 is 5.97 Å². The minimum Gasteiger partial charge on any atom is -0.481 e. The van der Waals surface area contributed by atoms with Crippen molar-refractivity contribution >= 4 is 17.6 Å². The molecule has 1 unspecified atom stereocenters. The van der Waals surface area contributed by atoms with Gasteiger partial charge in [0.1, 0.15) is 0 Å². The molecule has 112 valence electrons. The van der Waals surface area contributed by atoms with Crippen LogP contribution in [0.3, 0.4) is 0 Å². The molecule has 21 heavy (non-hydrogen) atoms. The van der Waals surface area contributed by atoms with Crippen LogP contribution >= 0.6 is 11.6 Å².